The summed E-state index contributed by atoms with van der Waals surface area (Å²) in [5, 5.41) is 11.7. The molecular formula is C13H15N5S2. The molecule has 0 spiro atoms. The molecule has 0 fully saturated rings. The van der Waals surface area contributed by atoms with E-state index in [4.69, 9.17) is 5.26 Å². The van der Waals surface area contributed by atoms with Crippen molar-refractivity contribution in [1.82, 2.24) is 15.3 Å². The molecule has 1 aromatic heterocycles. The number of para-hydroxylation sites is 2. The summed E-state index contributed by atoms with van der Waals surface area (Å²) < 4.78 is 0. The molecule has 2 N–H and O–H groups in total. The summed E-state index contributed by atoms with van der Waals surface area (Å²) >= 11 is 3.21. The van der Waals surface area contributed by atoms with Crippen LogP contribution in [0.5, 0.6) is 0 Å². The summed E-state index contributed by atoms with van der Waals surface area (Å²) in [6.45, 7) is 0.690. The Morgan fingerprint density at radius 3 is 3.10 bits per heavy atom. The van der Waals surface area contributed by atoms with Gasteiger partial charge in [0, 0.05) is 5.75 Å². The zero-order valence-corrected chi connectivity index (χ0v) is 12.7. The number of benzene rings is 1. The standard InChI is InChI=1S/C13H15N5S2/c1-19-13(16-9-14)15-6-7-20-8-12-17-10-4-2-3-5-11(10)18-12/h2-5H,6-8H2,1H3,(H,15,16)(H,17,18). The Kier molecular flexibility index (Phi) is 5.77. The molecule has 7 heteroatoms. The lowest BCUT2D eigenvalue weighted by Crippen LogP contribution is -2.13. The highest BCUT2D eigenvalue weighted by Gasteiger charge is 2.01. The van der Waals surface area contributed by atoms with Gasteiger partial charge in [0.25, 0.3) is 0 Å². The second-order valence-corrected chi connectivity index (χ2v) is 5.78. The highest BCUT2D eigenvalue weighted by Crippen LogP contribution is 2.14. The molecule has 2 aromatic rings. The van der Waals surface area contributed by atoms with E-state index < -0.39 is 0 Å². The fourth-order valence-electron chi connectivity index (χ4n) is 1.66. The smallest absolute Gasteiger partial charge is 0.183 e. The van der Waals surface area contributed by atoms with Crippen molar-refractivity contribution in [3.8, 4) is 6.19 Å². The third-order valence-corrected chi connectivity index (χ3v) is 4.09. The lowest BCUT2D eigenvalue weighted by atomic mass is 10.3. The predicted molar refractivity (Wildman–Crippen MR) is 86.8 cm³/mol. The van der Waals surface area contributed by atoms with Crippen molar-refractivity contribution in [2.24, 2.45) is 4.99 Å². The Morgan fingerprint density at radius 1 is 1.50 bits per heavy atom. The molecule has 0 amide bonds. The van der Waals surface area contributed by atoms with Crippen LogP contribution in [0.3, 0.4) is 0 Å². The summed E-state index contributed by atoms with van der Waals surface area (Å²) in [7, 11) is 0. The number of thioether (sulfide) groups is 2. The van der Waals surface area contributed by atoms with Gasteiger partial charge in [-0.3, -0.25) is 10.3 Å². The number of aromatic amines is 1. The molecular weight excluding hydrogens is 290 g/mol. The van der Waals surface area contributed by atoms with Crippen molar-refractivity contribution < 1.29 is 0 Å². The predicted octanol–water partition coefficient (Wildman–Crippen LogP) is 2.59. The van der Waals surface area contributed by atoms with Crippen molar-refractivity contribution >= 4 is 39.7 Å². The zero-order valence-electron chi connectivity index (χ0n) is 11.1. The van der Waals surface area contributed by atoms with E-state index in [9.17, 15) is 0 Å². The molecule has 0 aliphatic rings. The largest absolute Gasteiger partial charge is 0.341 e. The molecule has 20 heavy (non-hydrogen) atoms. The van der Waals surface area contributed by atoms with Gasteiger partial charge in [-0.2, -0.15) is 17.0 Å². The molecule has 0 unspecified atom stereocenters. The first-order valence-electron chi connectivity index (χ1n) is 6.08. The van der Waals surface area contributed by atoms with Gasteiger partial charge in [-0.15, -0.1) is 0 Å². The maximum absolute atomic E-state index is 8.52. The van der Waals surface area contributed by atoms with Gasteiger partial charge in [-0.05, 0) is 18.4 Å². The number of nitrogens with zero attached hydrogens (tertiary/aromatic N) is 3. The monoisotopic (exact) mass is 305 g/mol. The van der Waals surface area contributed by atoms with Gasteiger partial charge in [0.15, 0.2) is 11.4 Å². The molecule has 104 valence electrons. The topological polar surface area (TPSA) is 76.9 Å². The van der Waals surface area contributed by atoms with Crippen molar-refractivity contribution in [2.45, 2.75) is 5.75 Å². The molecule has 0 aliphatic heterocycles. The Bertz CT molecular complexity index is 596. The summed E-state index contributed by atoms with van der Waals surface area (Å²) in [6.07, 6.45) is 3.77. The fourth-order valence-corrected chi connectivity index (χ4v) is 2.72. The van der Waals surface area contributed by atoms with Gasteiger partial charge in [-0.1, -0.05) is 23.9 Å². The van der Waals surface area contributed by atoms with E-state index in [0.717, 1.165) is 28.4 Å². The van der Waals surface area contributed by atoms with Crippen LogP contribution in [-0.2, 0) is 5.75 Å². The quantitative estimate of drug-likeness (QED) is 0.292. The van der Waals surface area contributed by atoms with Crippen LogP contribution in [0.1, 0.15) is 5.82 Å². The average molecular weight is 305 g/mol. The first-order valence-corrected chi connectivity index (χ1v) is 8.46. The Labute approximate surface area is 126 Å². The number of H-pyrrole nitrogens is 1. The van der Waals surface area contributed by atoms with E-state index in [0.29, 0.717) is 11.7 Å². The lowest BCUT2D eigenvalue weighted by Gasteiger charge is -1.99. The zero-order chi connectivity index (χ0) is 14.2. The van der Waals surface area contributed by atoms with Crippen LogP contribution in [0.25, 0.3) is 11.0 Å². The minimum atomic E-state index is 0.664. The maximum atomic E-state index is 8.52. The maximum Gasteiger partial charge on any atom is 0.183 e. The number of imidazole rings is 1. The van der Waals surface area contributed by atoms with E-state index >= 15 is 0 Å². The third-order valence-electron chi connectivity index (χ3n) is 2.52. The normalized spacial score (nSPS) is 11.5. The summed E-state index contributed by atoms with van der Waals surface area (Å²) in [5.74, 6) is 2.72. The van der Waals surface area contributed by atoms with Gasteiger partial charge >= 0.3 is 0 Å². The van der Waals surface area contributed by atoms with Crippen molar-refractivity contribution in [1.29, 1.82) is 5.26 Å². The number of rotatable bonds is 5. The molecule has 2 rings (SSSR count). The molecule has 5 nitrogen and oxygen atoms in total. The minimum Gasteiger partial charge on any atom is -0.341 e. The highest BCUT2D eigenvalue weighted by molar-refractivity contribution is 8.13. The van der Waals surface area contributed by atoms with Crippen molar-refractivity contribution in [2.75, 3.05) is 18.6 Å². The van der Waals surface area contributed by atoms with E-state index in [-0.39, 0.29) is 0 Å². The van der Waals surface area contributed by atoms with Crippen LogP contribution in [0, 0.1) is 11.5 Å². The number of nitriles is 1. The molecule has 0 saturated heterocycles. The molecule has 1 aromatic carbocycles. The fraction of sp³-hybridized carbons (Fsp3) is 0.308. The van der Waals surface area contributed by atoms with Crippen LogP contribution in [0.4, 0.5) is 0 Å². The van der Waals surface area contributed by atoms with Crippen molar-refractivity contribution in [3.63, 3.8) is 0 Å². The number of aromatic nitrogens is 2. The van der Waals surface area contributed by atoms with Crippen LogP contribution in [0.2, 0.25) is 0 Å². The highest BCUT2D eigenvalue weighted by atomic mass is 32.2. The summed E-state index contributed by atoms with van der Waals surface area (Å²) in [6, 6.07) is 8.01. The Balaban J connectivity index is 1.77. The van der Waals surface area contributed by atoms with Crippen molar-refractivity contribution in [3.05, 3.63) is 30.1 Å². The van der Waals surface area contributed by atoms with E-state index in [1.54, 1.807) is 11.8 Å². The number of amidine groups is 1. The first kappa shape index (κ1) is 14.8. The molecule has 1 heterocycles. The van der Waals surface area contributed by atoms with Gasteiger partial charge in [-0.25, -0.2) is 4.98 Å². The summed E-state index contributed by atoms with van der Waals surface area (Å²) in [5.41, 5.74) is 2.08. The van der Waals surface area contributed by atoms with Gasteiger partial charge in [0.1, 0.15) is 5.82 Å². The van der Waals surface area contributed by atoms with Gasteiger partial charge in [0.05, 0.1) is 23.3 Å². The van der Waals surface area contributed by atoms with E-state index in [2.05, 4.69) is 20.3 Å². The lowest BCUT2D eigenvalue weighted by molar-refractivity contribution is 1.10. The summed E-state index contributed by atoms with van der Waals surface area (Å²) in [4.78, 5) is 12.1. The van der Waals surface area contributed by atoms with E-state index in [1.165, 1.54) is 11.8 Å². The number of aliphatic imine (C=N–C) groups is 1. The molecule has 0 radical (unpaired) electrons. The Morgan fingerprint density at radius 2 is 2.35 bits per heavy atom. The third kappa shape index (κ3) is 4.18. The molecule has 0 atom stereocenters. The van der Waals surface area contributed by atoms with E-state index in [1.807, 2.05) is 36.7 Å². The number of fused-ring (bicyclic) bond motifs is 1. The van der Waals surface area contributed by atoms with Crippen LogP contribution in [-0.4, -0.2) is 33.7 Å². The molecule has 0 bridgehead atoms. The second kappa shape index (κ2) is 7.82. The number of hydrogen-bond acceptors (Lipinski definition) is 5. The van der Waals surface area contributed by atoms with Crippen LogP contribution >= 0.6 is 23.5 Å². The van der Waals surface area contributed by atoms with Crippen LogP contribution in [0.15, 0.2) is 29.3 Å². The first-order chi connectivity index (χ1) is 9.83. The molecule has 0 aliphatic carbocycles. The molecule has 0 saturated carbocycles. The van der Waals surface area contributed by atoms with Gasteiger partial charge in [0.2, 0.25) is 0 Å². The van der Waals surface area contributed by atoms with Gasteiger partial charge < -0.3 is 4.98 Å². The minimum absolute atomic E-state index is 0.664. The average Bonchev–Trinajstić information content (AvgIpc) is 2.88. The number of nitrogens with one attached hydrogen (secondary N) is 2. The second-order valence-electron chi connectivity index (χ2n) is 3.88. The number of hydrogen-bond donors (Lipinski definition) is 2. The Hall–Kier alpha value is -1.65. The SMILES string of the molecule is CS/C(=N\CCSCc1nc2ccccc2[nH]1)NC#N. The van der Waals surface area contributed by atoms with Crippen LogP contribution < -0.4 is 5.32 Å².